The Labute approximate surface area is 231 Å². The molecule has 0 saturated carbocycles. The lowest BCUT2D eigenvalue weighted by molar-refractivity contribution is -0.145. The summed E-state index contributed by atoms with van der Waals surface area (Å²) in [5.41, 5.74) is 2.12. The van der Waals surface area contributed by atoms with E-state index in [1.165, 1.54) is 10.6 Å². The molecule has 0 aliphatic rings. The number of hydrogen-bond acceptors (Lipinski definition) is 7. The van der Waals surface area contributed by atoms with Gasteiger partial charge in [0.15, 0.2) is 11.0 Å². The van der Waals surface area contributed by atoms with Crippen molar-refractivity contribution in [3.05, 3.63) is 112 Å². The van der Waals surface area contributed by atoms with Crippen molar-refractivity contribution in [3.63, 3.8) is 0 Å². The molecule has 0 atom stereocenters. The molecular formula is C28H27ClN4O5S. The topological polar surface area (TPSA) is 119 Å². The maximum Gasteiger partial charge on any atom is 0.326 e. The second-order valence-corrected chi connectivity index (χ2v) is 10.9. The lowest BCUT2D eigenvalue weighted by Crippen LogP contribution is -2.30. The van der Waals surface area contributed by atoms with E-state index in [-0.39, 0.29) is 29.0 Å². The van der Waals surface area contributed by atoms with E-state index in [4.69, 9.17) is 16.3 Å². The third kappa shape index (κ3) is 7.92. The molecule has 0 spiro atoms. The van der Waals surface area contributed by atoms with Gasteiger partial charge in [0.2, 0.25) is 10.0 Å². The number of rotatable bonds is 11. The summed E-state index contributed by atoms with van der Waals surface area (Å²) in [6.07, 6.45) is 1.67. The minimum absolute atomic E-state index is 0.0130. The van der Waals surface area contributed by atoms with Gasteiger partial charge >= 0.3 is 5.97 Å². The molecule has 0 aliphatic carbocycles. The number of ether oxygens (including phenoxy) is 1. The predicted octanol–water partition coefficient (Wildman–Crippen LogP) is 4.33. The van der Waals surface area contributed by atoms with E-state index < -0.39 is 28.1 Å². The van der Waals surface area contributed by atoms with E-state index in [9.17, 15) is 18.0 Å². The summed E-state index contributed by atoms with van der Waals surface area (Å²) in [6, 6.07) is 25.2. The number of esters is 1. The van der Waals surface area contributed by atoms with Gasteiger partial charge in [-0.05, 0) is 29.7 Å². The third-order valence-electron chi connectivity index (χ3n) is 5.64. The monoisotopic (exact) mass is 566 g/mol. The predicted molar refractivity (Wildman–Crippen MR) is 152 cm³/mol. The molecule has 39 heavy (non-hydrogen) atoms. The van der Waals surface area contributed by atoms with Gasteiger partial charge < -0.3 is 10.1 Å². The van der Waals surface area contributed by atoms with Crippen LogP contribution in [0.25, 0.3) is 11.3 Å². The van der Waals surface area contributed by atoms with Crippen LogP contribution in [-0.2, 0) is 39.1 Å². The first-order valence-corrected chi connectivity index (χ1v) is 14.3. The number of carbonyl (C=O) groups excluding carboxylic acids is 1. The summed E-state index contributed by atoms with van der Waals surface area (Å²) >= 11 is 6.58. The quantitative estimate of drug-likeness (QED) is 0.259. The number of hydrogen-bond donors (Lipinski definition) is 2. The Morgan fingerprint density at radius 1 is 0.974 bits per heavy atom. The van der Waals surface area contributed by atoms with Gasteiger partial charge in [0.1, 0.15) is 13.2 Å². The van der Waals surface area contributed by atoms with Crippen LogP contribution in [0.1, 0.15) is 11.1 Å². The molecule has 202 valence electrons. The van der Waals surface area contributed by atoms with Crippen LogP contribution in [0.3, 0.4) is 0 Å². The number of aromatic nitrogens is 2. The molecule has 11 heteroatoms. The van der Waals surface area contributed by atoms with E-state index in [1.807, 2.05) is 60.7 Å². The molecule has 0 radical (unpaired) electrons. The van der Waals surface area contributed by atoms with Gasteiger partial charge in [-0.25, -0.2) is 13.4 Å². The molecule has 0 bridgehead atoms. The number of anilines is 2. The highest BCUT2D eigenvalue weighted by Crippen LogP contribution is 2.29. The van der Waals surface area contributed by atoms with Crippen molar-refractivity contribution in [2.75, 3.05) is 22.8 Å². The SMILES string of the molecule is CS(=O)(=O)Nc1cccc(-c2c(Cl)nc(NCCc3ccccc3)c(=O)n2CC(=O)OCc2ccccc2)c1. The molecule has 4 aromatic rings. The fourth-order valence-corrected chi connectivity index (χ4v) is 4.76. The third-order valence-corrected chi connectivity index (χ3v) is 6.51. The summed E-state index contributed by atoms with van der Waals surface area (Å²) in [5.74, 6) is -0.661. The van der Waals surface area contributed by atoms with Crippen molar-refractivity contribution in [3.8, 4) is 11.3 Å². The highest BCUT2D eigenvalue weighted by molar-refractivity contribution is 7.92. The minimum Gasteiger partial charge on any atom is -0.459 e. The van der Waals surface area contributed by atoms with E-state index in [0.717, 1.165) is 17.4 Å². The van der Waals surface area contributed by atoms with Crippen molar-refractivity contribution < 1.29 is 17.9 Å². The maximum atomic E-state index is 13.5. The van der Waals surface area contributed by atoms with E-state index in [2.05, 4.69) is 15.0 Å². The van der Waals surface area contributed by atoms with E-state index in [1.54, 1.807) is 18.2 Å². The molecule has 3 aromatic carbocycles. The molecule has 1 heterocycles. The summed E-state index contributed by atoms with van der Waals surface area (Å²) in [5, 5.41) is 2.98. The van der Waals surface area contributed by atoms with Crippen LogP contribution >= 0.6 is 11.6 Å². The summed E-state index contributed by atoms with van der Waals surface area (Å²) in [4.78, 5) is 30.7. The lowest BCUT2D eigenvalue weighted by Gasteiger charge is -2.17. The van der Waals surface area contributed by atoms with Crippen LogP contribution < -0.4 is 15.6 Å². The normalized spacial score (nSPS) is 11.1. The molecular weight excluding hydrogens is 540 g/mol. The fourth-order valence-electron chi connectivity index (χ4n) is 3.91. The van der Waals surface area contributed by atoms with Crippen LogP contribution in [0, 0.1) is 0 Å². The van der Waals surface area contributed by atoms with Crippen molar-refractivity contribution in [2.45, 2.75) is 19.6 Å². The van der Waals surface area contributed by atoms with E-state index >= 15 is 0 Å². The molecule has 0 unspecified atom stereocenters. The number of sulfonamides is 1. The Morgan fingerprint density at radius 3 is 2.31 bits per heavy atom. The van der Waals surface area contributed by atoms with Crippen molar-refractivity contribution in [1.29, 1.82) is 0 Å². The zero-order valence-electron chi connectivity index (χ0n) is 21.1. The molecule has 1 aromatic heterocycles. The van der Waals surface area contributed by atoms with Crippen molar-refractivity contribution >= 4 is 39.1 Å². The minimum atomic E-state index is -3.55. The average Bonchev–Trinajstić information content (AvgIpc) is 2.90. The maximum absolute atomic E-state index is 13.5. The van der Waals surface area contributed by atoms with Crippen molar-refractivity contribution in [2.24, 2.45) is 0 Å². The average molecular weight is 567 g/mol. The number of carbonyl (C=O) groups is 1. The Hall–Kier alpha value is -4.15. The van der Waals surface area contributed by atoms with Gasteiger partial charge in [-0.2, -0.15) is 0 Å². The Morgan fingerprint density at radius 2 is 1.64 bits per heavy atom. The van der Waals surface area contributed by atoms with Crippen LogP contribution in [0.15, 0.2) is 89.7 Å². The first-order chi connectivity index (χ1) is 18.7. The van der Waals surface area contributed by atoms with Gasteiger partial charge in [-0.3, -0.25) is 18.9 Å². The Balaban J connectivity index is 1.66. The smallest absolute Gasteiger partial charge is 0.326 e. The van der Waals surface area contributed by atoms with Gasteiger partial charge in [-0.15, -0.1) is 0 Å². The summed E-state index contributed by atoms with van der Waals surface area (Å²) in [7, 11) is -3.55. The number of halogens is 1. The Kier molecular flexibility index (Phi) is 9.00. The molecule has 0 saturated heterocycles. The van der Waals surface area contributed by atoms with Gasteiger partial charge in [0.25, 0.3) is 5.56 Å². The zero-order valence-corrected chi connectivity index (χ0v) is 22.7. The van der Waals surface area contributed by atoms with Gasteiger partial charge in [0.05, 0.1) is 11.9 Å². The number of nitrogens with zero attached hydrogens (tertiary/aromatic N) is 2. The first-order valence-electron chi connectivity index (χ1n) is 12.1. The van der Waals surface area contributed by atoms with Crippen LogP contribution in [0.5, 0.6) is 0 Å². The molecule has 0 aliphatic heterocycles. The fraction of sp³-hybridized carbons (Fsp3) is 0.179. The summed E-state index contributed by atoms with van der Waals surface area (Å²) in [6.45, 7) is 0.0208. The van der Waals surface area contributed by atoms with Crippen molar-refractivity contribution in [1.82, 2.24) is 9.55 Å². The van der Waals surface area contributed by atoms with Gasteiger partial charge in [-0.1, -0.05) is 84.4 Å². The second-order valence-electron chi connectivity index (χ2n) is 8.75. The highest BCUT2D eigenvalue weighted by atomic mass is 35.5. The first kappa shape index (κ1) is 27.9. The number of nitrogens with one attached hydrogen (secondary N) is 2. The molecule has 2 N–H and O–H groups in total. The molecule has 0 fully saturated rings. The standard InChI is InChI=1S/C28H27ClN4O5S/c1-39(36,37)32-23-14-8-13-22(17-23)25-26(29)31-27(30-16-15-20-9-4-2-5-10-20)28(35)33(25)18-24(34)38-19-21-11-6-3-7-12-21/h2-14,17,32H,15-16,18-19H2,1H3,(H,30,31). The molecule has 4 rings (SSSR count). The largest absolute Gasteiger partial charge is 0.459 e. The van der Waals surface area contributed by atoms with Gasteiger partial charge in [0, 0.05) is 17.8 Å². The van der Waals surface area contributed by atoms with Crippen LogP contribution in [0.4, 0.5) is 11.5 Å². The lowest BCUT2D eigenvalue weighted by atomic mass is 10.1. The molecule has 0 amide bonds. The van der Waals surface area contributed by atoms with E-state index in [0.29, 0.717) is 18.5 Å². The second kappa shape index (κ2) is 12.6. The van der Waals surface area contributed by atoms with Crippen LogP contribution in [-0.4, -0.2) is 36.7 Å². The zero-order chi connectivity index (χ0) is 27.8. The number of benzene rings is 3. The highest BCUT2D eigenvalue weighted by Gasteiger charge is 2.20. The summed E-state index contributed by atoms with van der Waals surface area (Å²) < 4.78 is 32.5. The van der Waals surface area contributed by atoms with Crippen LogP contribution in [0.2, 0.25) is 5.15 Å². The molecule has 9 nitrogen and oxygen atoms in total. The Bertz CT molecular complexity index is 1610.